The summed E-state index contributed by atoms with van der Waals surface area (Å²) in [5, 5.41) is 4.43. The number of thiazole rings is 1. The molecule has 0 aromatic carbocycles. The van der Waals surface area contributed by atoms with E-state index in [0.717, 1.165) is 37.4 Å². The van der Waals surface area contributed by atoms with Gasteiger partial charge in [0, 0.05) is 24.2 Å². The van der Waals surface area contributed by atoms with Gasteiger partial charge in [0.15, 0.2) is 0 Å². The van der Waals surface area contributed by atoms with Gasteiger partial charge >= 0.3 is 0 Å². The van der Waals surface area contributed by atoms with E-state index in [9.17, 15) is 4.79 Å². The maximum Gasteiger partial charge on any atom is 0.239 e. The Morgan fingerprint density at radius 3 is 2.74 bits per heavy atom. The Hall–Kier alpha value is -0.940. The van der Waals surface area contributed by atoms with Gasteiger partial charge in [-0.25, -0.2) is 4.98 Å². The Labute approximate surface area is 119 Å². The molecular formula is C14H23N3OS. The highest BCUT2D eigenvalue weighted by Gasteiger charge is 2.24. The highest BCUT2D eigenvalue weighted by Crippen LogP contribution is 2.21. The highest BCUT2D eigenvalue weighted by molar-refractivity contribution is 7.11. The third-order valence-corrected chi connectivity index (χ3v) is 4.90. The first-order valence-corrected chi connectivity index (χ1v) is 7.93. The summed E-state index contributed by atoms with van der Waals surface area (Å²) >= 11 is 1.73. The molecule has 106 valence electrons. The van der Waals surface area contributed by atoms with E-state index < -0.39 is 0 Å². The van der Waals surface area contributed by atoms with E-state index in [1.54, 1.807) is 11.3 Å². The molecule has 0 aliphatic carbocycles. The number of rotatable bonds is 5. The van der Waals surface area contributed by atoms with Crippen LogP contribution in [0.2, 0.25) is 0 Å². The predicted octanol–water partition coefficient (Wildman–Crippen LogP) is 2.37. The first-order valence-electron chi connectivity index (χ1n) is 7.11. The van der Waals surface area contributed by atoms with E-state index in [1.807, 2.05) is 18.0 Å². The molecule has 2 heterocycles. The predicted molar refractivity (Wildman–Crippen MR) is 78.3 cm³/mol. The van der Waals surface area contributed by atoms with Gasteiger partial charge in [-0.05, 0) is 33.1 Å². The lowest BCUT2D eigenvalue weighted by Crippen LogP contribution is -2.44. The summed E-state index contributed by atoms with van der Waals surface area (Å²) in [4.78, 5) is 19.9. The molecule has 4 nitrogen and oxygen atoms in total. The van der Waals surface area contributed by atoms with Crippen molar-refractivity contribution in [3.05, 3.63) is 16.1 Å². The number of aromatic nitrogens is 1. The molecule has 19 heavy (non-hydrogen) atoms. The van der Waals surface area contributed by atoms with Crippen LogP contribution in [0.3, 0.4) is 0 Å². The van der Waals surface area contributed by atoms with Crippen molar-refractivity contribution in [3.8, 4) is 0 Å². The molecule has 5 heteroatoms. The molecule has 0 spiro atoms. The minimum absolute atomic E-state index is 0.131. The Bertz CT molecular complexity index is 426. The van der Waals surface area contributed by atoms with E-state index in [4.69, 9.17) is 0 Å². The molecule has 1 aromatic heterocycles. The van der Waals surface area contributed by atoms with Crippen LogP contribution in [0.1, 0.15) is 49.5 Å². The molecule has 1 aliphatic rings. The van der Waals surface area contributed by atoms with Gasteiger partial charge in [-0.1, -0.05) is 6.92 Å². The van der Waals surface area contributed by atoms with E-state index in [1.165, 1.54) is 4.88 Å². The zero-order valence-corrected chi connectivity index (χ0v) is 12.8. The van der Waals surface area contributed by atoms with Crippen LogP contribution in [-0.4, -0.2) is 34.9 Å². The van der Waals surface area contributed by atoms with Crippen molar-refractivity contribution in [2.75, 3.05) is 13.1 Å². The number of hydrogen-bond donors (Lipinski definition) is 1. The summed E-state index contributed by atoms with van der Waals surface area (Å²) in [5.74, 6) is 0.219. The summed E-state index contributed by atoms with van der Waals surface area (Å²) in [6, 6.07) is -0.00562. The molecule has 1 saturated heterocycles. The lowest BCUT2D eigenvalue weighted by atomic mass is 10.2. The quantitative estimate of drug-likeness (QED) is 0.901. The molecule has 2 atom stereocenters. The highest BCUT2D eigenvalue weighted by atomic mass is 32.1. The van der Waals surface area contributed by atoms with Gasteiger partial charge in [0.1, 0.15) is 5.01 Å². The van der Waals surface area contributed by atoms with Crippen LogP contribution in [0.5, 0.6) is 0 Å². The number of nitrogens with zero attached hydrogens (tertiary/aromatic N) is 2. The second-order valence-corrected chi connectivity index (χ2v) is 6.31. The first kappa shape index (κ1) is 14.5. The van der Waals surface area contributed by atoms with Crippen LogP contribution in [0, 0.1) is 0 Å². The fraction of sp³-hybridized carbons (Fsp3) is 0.714. The molecule has 2 rings (SSSR count). The average molecular weight is 281 g/mol. The third-order valence-electron chi connectivity index (χ3n) is 3.58. The summed E-state index contributed by atoms with van der Waals surface area (Å²) < 4.78 is 0. The van der Waals surface area contributed by atoms with Crippen molar-refractivity contribution in [1.29, 1.82) is 0 Å². The Morgan fingerprint density at radius 2 is 2.16 bits per heavy atom. The lowest BCUT2D eigenvalue weighted by Gasteiger charge is -2.23. The molecule has 0 radical (unpaired) electrons. The second-order valence-electron chi connectivity index (χ2n) is 5.16. The minimum Gasteiger partial charge on any atom is -0.341 e. The molecule has 0 bridgehead atoms. The SMILES string of the molecule is CCc1cnc(C(C)NC(C)C(=O)N2CCCC2)s1. The maximum atomic E-state index is 12.2. The largest absolute Gasteiger partial charge is 0.341 e. The topological polar surface area (TPSA) is 45.2 Å². The number of amides is 1. The molecule has 0 saturated carbocycles. The van der Waals surface area contributed by atoms with Gasteiger partial charge in [0.25, 0.3) is 0 Å². The standard InChI is InChI=1S/C14H23N3OS/c1-4-12-9-15-13(19-12)10(2)16-11(3)14(18)17-7-5-6-8-17/h9-11,16H,4-8H2,1-3H3. The molecule has 1 aromatic rings. The normalized spacial score (nSPS) is 18.6. The van der Waals surface area contributed by atoms with Crippen molar-refractivity contribution in [2.45, 2.75) is 52.1 Å². The van der Waals surface area contributed by atoms with Crippen LogP contribution >= 0.6 is 11.3 Å². The van der Waals surface area contributed by atoms with Gasteiger partial charge < -0.3 is 4.90 Å². The Kier molecular flexibility index (Phi) is 4.93. The number of likely N-dealkylation sites (tertiary alicyclic amines) is 1. The van der Waals surface area contributed by atoms with Crippen molar-refractivity contribution in [2.24, 2.45) is 0 Å². The zero-order chi connectivity index (χ0) is 13.8. The van der Waals surface area contributed by atoms with Crippen molar-refractivity contribution in [1.82, 2.24) is 15.2 Å². The number of aryl methyl sites for hydroxylation is 1. The van der Waals surface area contributed by atoms with Crippen LogP contribution in [0.4, 0.5) is 0 Å². The maximum absolute atomic E-state index is 12.2. The monoisotopic (exact) mass is 281 g/mol. The van der Waals surface area contributed by atoms with Crippen molar-refractivity contribution >= 4 is 17.2 Å². The molecule has 1 amide bonds. The summed E-state index contributed by atoms with van der Waals surface area (Å²) in [6.45, 7) is 7.99. The van der Waals surface area contributed by atoms with Gasteiger partial charge in [-0.3, -0.25) is 10.1 Å². The van der Waals surface area contributed by atoms with Crippen LogP contribution in [-0.2, 0) is 11.2 Å². The van der Waals surface area contributed by atoms with E-state index in [-0.39, 0.29) is 18.0 Å². The molecule has 1 N–H and O–H groups in total. The number of carbonyl (C=O) groups excluding carboxylic acids is 1. The Balaban J connectivity index is 1.90. The summed E-state index contributed by atoms with van der Waals surface area (Å²) in [7, 11) is 0. The number of carbonyl (C=O) groups is 1. The lowest BCUT2D eigenvalue weighted by molar-refractivity contribution is -0.132. The van der Waals surface area contributed by atoms with E-state index in [0.29, 0.717) is 0 Å². The third kappa shape index (κ3) is 3.54. The number of hydrogen-bond acceptors (Lipinski definition) is 4. The summed E-state index contributed by atoms with van der Waals surface area (Å²) in [5.41, 5.74) is 0. The number of nitrogens with one attached hydrogen (secondary N) is 1. The fourth-order valence-corrected chi connectivity index (χ4v) is 3.28. The van der Waals surface area contributed by atoms with Gasteiger partial charge in [-0.15, -0.1) is 11.3 Å². The van der Waals surface area contributed by atoms with Crippen LogP contribution in [0.15, 0.2) is 6.20 Å². The van der Waals surface area contributed by atoms with Gasteiger partial charge in [0.2, 0.25) is 5.91 Å². The zero-order valence-electron chi connectivity index (χ0n) is 12.0. The average Bonchev–Trinajstić information content (AvgIpc) is 3.08. The molecule has 1 fully saturated rings. The summed E-state index contributed by atoms with van der Waals surface area (Å²) in [6.07, 6.45) is 5.23. The van der Waals surface area contributed by atoms with Crippen LogP contribution < -0.4 is 5.32 Å². The molecule has 1 aliphatic heterocycles. The first-order chi connectivity index (χ1) is 9.11. The fourth-order valence-electron chi connectivity index (χ4n) is 2.42. The smallest absolute Gasteiger partial charge is 0.239 e. The van der Waals surface area contributed by atoms with E-state index >= 15 is 0 Å². The van der Waals surface area contributed by atoms with Crippen LogP contribution in [0.25, 0.3) is 0 Å². The second kappa shape index (κ2) is 6.48. The van der Waals surface area contributed by atoms with Gasteiger partial charge in [-0.2, -0.15) is 0 Å². The van der Waals surface area contributed by atoms with Crippen molar-refractivity contribution < 1.29 is 4.79 Å². The van der Waals surface area contributed by atoms with Gasteiger partial charge in [0.05, 0.1) is 12.1 Å². The molecule has 2 unspecified atom stereocenters. The van der Waals surface area contributed by atoms with Crippen molar-refractivity contribution in [3.63, 3.8) is 0 Å². The Morgan fingerprint density at radius 1 is 1.47 bits per heavy atom. The minimum atomic E-state index is -0.137. The van der Waals surface area contributed by atoms with E-state index in [2.05, 4.69) is 24.1 Å². The molecular weight excluding hydrogens is 258 g/mol.